The summed E-state index contributed by atoms with van der Waals surface area (Å²) < 4.78 is 5.21. The van der Waals surface area contributed by atoms with E-state index in [-0.39, 0.29) is 30.6 Å². The van der Waals surface area contributed by atoms with Gasteiger partial charge in [-0.1, -0.05) is 37.8 Å². The molecule has 6 nitrogen and oxygen atoms in total. The SMILES string of the molecule is COc1ccc(NC(=O)N2CCCCN3[C@@H](CO)[C@H](c4ccc(C#CCC(C)C)cc4)[C@@H]3C2)cc1. The van der Waals surface area contributed by atoms with Crippen LogP contribution in [0.4, 0.5) is 10.5 Å². The molecule has 0 bridgehead atoms. The summed E-state index contributed by atoms with van der Waals surface area (Å²) >= 11 is 0. The van der Waals surface area contributed by atoms with Crippen molar-refractivity contribution in [1.29, 1.82) is 0 Å². The van der Waals surface area contributed by atoms with Crippen molar-refractivity contribution in [1.82, 2.24) is 9.80 Å². The van der Waals surface area contributed by atoms with Gasteiger partial charge >= 0.3 is 6.03 Å². The van der Waals surface area contributed by atoms with Crippen LogP contribution in [0.25, 0.3) is 0 Å². The topological polar surface area (TPSA) is 65.0 Å². The molecule has 2 saturated heterocycles. The highest BCUT2D eigenvalue weighted by atomic mass is 16.5. The molecule has 2 aromatic carbocycles. The maximum atomic E-state index is 13.2. The molecule has 3 atom stereocenters. The average molecular weight is 476 g/mol. The largest absolute Gasteiger partial charge is 0.497 e. The number of hydrogen-bond acceptors (Lipinski definition) is 4. The smallest absolute Gasteiger partial charge is 0.321 e. The van der Waals surface area contributed by atoms with Gasteiger partial charge in [0.05, 0.1) is 13.7 Å². The third kappa shape index (κ3) is 5.98. The van der Waals surface area contributed by atoms with Gasteiger partial charge in [0.1, 0.15) is 5.75 Å². The Hall–Kier alpha value is -3.01. The number of carbonyl (C=O) groups excluding carboxylic acids is 1. The second-order valence-corrected chi connectivity index (χ2v) is 9.91. The van der Waals surface area contributed by atoms with E-state index < -0.39 is 0 Å². The Balaban J connectivity index is 1.47. The molecule has 2 fully saturated rings. The molecule has 186 valence electrons. The van der Waals surface area contributed by atoms with Crippen molar-refractivity contribution in [2.45, 2.75) is 51.1 Å². The molecule has 0 aromatic heterocycles. The summed E-state index contributed by atoms with van der Waals surface area (Å²) in [5.74, 6) is 8.01. The molecule has 0 spiro atoms. The highest BCUT2D eigenvalue weighted by Gasteiger charge is 2.49. The monoisotopic (exact) mass is 475 g/mol. The Labute approximate surface area is 209 Å². The van der Waals surface area contributed by atoms with E-state index in [2.05, 4.69) is 60.2 Å². The first-order chi connectivity index (χ1) is 17.0. The third-order valence-corrected chi connectivity index (χ3v) is 7.04. The van der Waals surface area contributed by atoms with Crippen LogP contribution in [0.5, 0.6) is 5.75 Å². The van der Waals surface area contributed by atoms with Crippen LogP contribution in [0.15, 0.2) is 48.5 Å². The van der Waals surface area contributed by atoms with Crippen LogP contribution in [-0.2, 0) is 0 Å². The molecule has 2 heterocycles. The van der Waals surface area contributed by atoms with Crippen molar-refractivity contribution in [3.05, 3.63) is 59.7 Å². The lowest BCUT2D eigenvalue weighted by atomic mass is 9.74. The fraction of sp³-hybridized carbons (Fsp3) is 0.483. The number of anilines is 1. The fourth-order valence-electron chi connectivity index (χ4n) is 5.15. The van der Waals surface area contributed by atoms with E-state index in [9.17, 15) is 9.90 Å². The molecule has 2 amide bonds. The number of benzene rings is 2. The Morgan fingerprint density at radius 1 is 1.11 bits per heavy atom. The average Bonchev–Trinajstić information content (AvgIpc) is 2.84. The highest BCUT2D eigenvalue weighted by Crippen LogP contribution is 2.42. The molecule has 2 aromatic rings. The number of hydrogen-bond donors (Lipinski definition) is 2. The first kappa shape index (κ1) is 25.1. The van der Waals surface area contributed by atoms with Gasteiger partial charge in [-0.2, -0.15) is 0 Å². The van der Waals surface area contributed by atoms with Crippen molar-refractivity contribution >= 4 is 11.7 Å². The number of amides is 2. The van der Waals surface area contributed by atoms with Gasteiger partial charge in [-0.25, -0.2) is 4.79 Å². The Morgan fingerprint density at radius 3 is 2.49 bits per heavy atom. The lowest BCUT2D eigenvalue weighted by molar-refractivity contribution is -0.0585. The zero-order valence-electron chi connectivity index (χ0n) is 21.0. The van der Waals surface area contributed by atoms with Gasteiger partial charge in [-0.05, 0) is 67.3 Å². The van der Waals surface area contributed by atoms with Crippen LogP contribution in [0.3, 0.4) is 0 Å². The second-order valence-electron chi connectivity index (χ2n) is 9.91. The molecular formula is C29H37N3O3. The van der Waals surface area contributed by atoms with Crippen LogP contribution in [0, 0.1) is 17.8 Å². The summed E-state index contributed by atoms with van der Waals surface area (Å²) in [7, 11) is 1.63. The molecule has 2 N–H and O–H groups in total. The number of methoxy groups -OCH3 is 1. The van der Waals surface area contributed by atoms with Crippen LogP contribution in [0.1, 0.15) is 50.2 Å². The highest BCUT2D eigenvalue weighted by molar-refractivity contribution is 5.89. The quantitative estimate of drug-likeness (QED) is 0.623. The summed E-state index contributed by atoms with van der Waals surface area (Å²) in [5, 5.41) is 13.2. The summed E-state index contributed by atoms with van der Waals surface area (Å²) in [6, 6.07) is 16.0. The molecule has 2 aliphatic heterocycles. The number of aliphatic hydroxyl groups excluding tert-OH is 1. The zero-order valence-corrected chi connectivity index (χ0v) is 21.0. The lowest BCUT2D eigenvalue weighted by Crippen LogP contribution is -2.68. The third-order valence-electron chi connectivity index (χ3n) is 7.04. The normalized spacial score (nSPS) is 22.2. The van der Waals surface area contributed by atoms with Crippen molar-refractivity contribution in [3.8, 4) is 17.6 Å². The Morgan fingerprint density at radius 2 is 1.83 bits per heavy atom. The molecular weight excluding hydrogens is 438 g/mol. The number of rotatable bonds is 5. The molecule has 0 radical (unpaired) electrons. The minimum Gasteiger partial charge on any atom is -0.497 e. The van der Waals surface area contributed by atoms with Crippen molar-refractivity contribution in [3.63, 3.8) is 0 Å². The molecule has 0 saturated carbocycles. The molecule has 0 aliphatic carbocycles. The van der Waals surface area contributed by atoms with Crippen molar-refractivity contribution in [2.24, 2.45) is 5.92 Å². The first-order valence-electron chi connectivity index (χ1n) is 12.7. The van der Waals surface area contributed by atoms with E-state index in [1.54, 1.807) is 7.11 Å². The summed E-state index contributed by atoms with van der Waals surface area (Å²) in [6.45, 7) is 6.79. The molecule has 2 aliphatic rings. The van der Waals surface area contributed by atoms with Crippen LogP contribution in [0.2, 0.25) is 0 Å². The van der Waals surface area contributed by atoms with Crippen LogP contribution in [-0.4, -0.2) is 66.4 Å². The van der Waals surface area contributed by atoms with Crippen molar-refractivity contribution in [2.75, 3.05) is 38.7 Å². The predicted molar refractivity (Wildman–Crippen MR) is 140 cm³/mol. The van der Waals surface area contributed by atoms with Gasteiger partial charge < -0.3 is 20.1 Å². The number of aliphatic hydroxyl groups is 1. The summed E-state index contributed by atoms with van der Waals surface area (Å²) in [4.78, 5) is 17.5. The number of ether oxygens (including phenoxy) is 1. The van der Waals surface area contributed by atoms with Gasteiger partial charge in [0.25, 0.3) is 0 Å². The first-order valence-corrected chi connectivity index (χ1v) is 12.7. The number of urea groups is 1. The van der Waals surface area contributed by atoms with E-state index in [0.29, 0.717) is 12.5 Å². The van der Waals surface area contributed by atoms with E-state index in [1.807, 2.05) is 29.2 Å². The van der Waals surface area contributed by atoms with E-state index >= 15 is 0 Å². The van der Waals surface area contributed by atoms with Gasteiger partial charge in [-0.15, -0.1) is 0 Å². The van der Waals surface area contributed by atoms with Gasteiger partial charge in [-0.3, -0.25) is 4.90 Å². The minimum absolute atomic E-state index is 0.0843. The van der Waals surface area contributed by atoms with Gasteiger partial charge in [0.2, 0.25) is 0 Å². The van der Waals surface area contributed by atoms with E-state index in [1.165, 1.54) is 5.56 Å². The number of carbonyl (C=O) groups is 1. The standard InChI is InChI=1S/C29H37N3O3/c1-21(2)7-6-8-22-9-11-23(12-10-22)28-26-19-31(17-4-5-18-32(26)27(28)20-33)29(34)30-24-13-15-25(35-3)16-14-24/h9-16,21,26-28,33H,4-5,7,17-20H2,1-3H3,(H,30,34)/t26-,27-,28+/m0/s1. The summed E-state index contributed by atoms with van der Waals surface area (Å²) in [5.41, 5.74) is 2.97. The Bertz CT molecular complexity index is 1040. The molecule has 35 heavy (non-hydrogen) atoms. The maximum absolute atomic E-state index is 13.2. The van der Waals surface area contributed by atoms with Gasteiger partial charge in [0, 0.05) is 48.8 Å². The minimum atomic E-state index is -0.0843. The second kappa shape index (κ2) is 11.6. The van der Waals surface area contributed by atoms with Crippen molar-refractivity contribution < 1.29 is 14.6 Å². The van der Waals surface area contributed by atoms with Crippen LogP contribution < -0.4 is 10.1 Å². The van der Waals surface area contributed by atoms with E-state index in [0.717, 1.165) is 49.4 Å². The van der Waals surface area contributed by atoms with Crippen LogP contribution >= 0.6 is 0 Å². The van der Waals surface area contributed by atoms with E-state index in [4.69, 9.17) is 4.74 Å². The molecule has 6 heteroatoms. The fourth-order valence-corrected chi connectivity index (χ4v) is 5.15. The molecule has 0 unspecified atom stereocenters. The summed E-state index contributed by atoms with van der Waals surface area (Å²) in [6.07, 6.45) is 2.85. The number of nitrogens with zero attached hydrogens (tertiary/aromatic N) is 2. The lowest BCUT2D eigenvalue weighted by Gasteiger charge is -2.57. The number of nitrogens with one attached hydrogen (secondary N) is 1. The maximum Gasteiger partial charge on any atom is 0.321 e. The predicted octanol–water partition coefficient (Wildman–Crippen LogP) is 4.55. The van der Waals surface area contributed by atoms with Gasteiger partial charge in [0.15, 0.2) is 0 Å². The zero-order chi connectivity index (χ0) is 24.8. The molecule has 4 rings (SSSR count). The Kier molecular flexibility index (Phi) is 8.33. The number of fused-ring (bicyclic) bond motifs is 1.